The van der Waals surface area contributed by atoms with Crippen molar-refractivity contribution in [1.82, 2.24) is 9.80 Å². The van der Waals surface area contributed by atoms with Gasteiger partial charge in [-0.1, -0.05) is 0 Å². The van der Waals surface area contributed by atoms with E-state index in [0.29, 0.717) is 37.6 Å². The van der Waals surface area contributed by atoms with Gasteiger partial charge in [-0.25, -0.2) is 0 Å². The predicted molar refractivity (Wildman–Crippen MR) is 116 cm³/mol. The molecule has 2 amide bonds. The van der Waals surface area contributed by atoms with Crippen LogP contribution in [0.5, 0.6) is 0 Å². The van der Waals surface area contributed by atoms with Crippen LogP contribution < -0.4 is 10.6 Å². The Kier molecular flexibility index (Phi) is 7.41. The first-order valence-electron chi connectivity index (χ1n) is 9.83. The van der Waals surface area contributed by atoms with Crippen molar-refractivity contribution in [3.8, 4) is 0 Å². The average molecular weight is 442 g/mol. The van der Waals surface area contributed by atoms with Gasteiger partial charge in [-0.2, -0.15) is 0 Å². The Hall–Kier alpha value is -3.90. The molecule has 0 spiro atoms. The fraction of sp³-hybridized carbons (Fsp3) is 0.300. The van der Waals surface area contributed by atoms with Gasteiger partial charge < -0.3 is 10.6 Å². The summed E-state index contributed by atoms with van der Waals surface area (Å²) < 4.78 is 0. The summed E-state index contributed by atoms with van der Waals surface area (Å²) in [4.78, 5) is 48.7. The lowest BCUT2D eigenvalue weighted by molar-refractivity contribution is -0.385. The van der Waals surface area contributed by atoms with Gasteiger partial charge in [0.15, 0.2) is 0 Å². The number of rotatable bonds is 8. The minimum atomic E-state index is -0.503. The Bertz CT molecular complexity index is 905. The molecule has 0 atom stereocenters. The number of nitrogens with one attached hydrogen (secondary N) is 2. The second-order valence-electron chi connectivity index (χ2n) is 7.26. The smallest absolute Gasteiger partial charge is 0.269 e. The van der Waals surface area contributed by atoms with Crippen molar-refractivity contribution in [1.29, 1.82) is 0 Å². The minimum Gasteiger partial charge on any atom is -0.325 e. The molecule has 0 saturated carbocycles. The van der Waals surface area contributed by atoms with Crippen LogP contribution in [-0.2, 0) is 9.59 Å². The number of benzene rings is 2. The molecule has 2 aromatic rings. The van der Waals surface area contributed by atoms with Gasteiger partial charge >= 0.3 is 0 Å². The molecule has 1 saturated heterocycles. The molecule has 1 aliphatic heterocycles. The lowest BCUT2D eigenvalue weighted by Gasteiger charge is -2.33. The number of hydrogen-bond donors (Lipinski definition) is 2. The van der Waals surface area contributed by atoms with E-state index in [2.05, 4.69) is 10.6 Å². The van der Waals surface area contributed by atoms with Crippen molar-refractivity contribution in [3.05, 3.63) is 68.8 Å². The number of piperazine rings is 1. The van der Waals surface area contributed by atoms with Crippen LogP contribution in [0.2, 0.25) is 0 Å². The number of carbonyl (C=O) groups is 2. The van der Waals surface area contributed by atoms with E-state index in [9.17, 15) is 29.8 Å². The molecule has 0 radical (unpaired) electrons. The first kappa shape index (κ1) is 22.8. The van der Waals surface area contributed by atoms with Crippen molar-refractivity contribution in [3.63, 3.8) is 0 Å². The van der Waals surface area contributed by atoms with E-state index in [1.165, 1.54) is 48.5 Å². The first-order valence-corrected chi connectivity index (χ1v) is 9.83. The molecule has 1 aliphatic rings. The predicted octanol–water partition coefficient (Wildman–Crippen LogP) is 1.70. The van der Waals surface area contributed by atoms with Crippen molar-refractivity contribution in [2.24, 2.45) is 0 Å². The summed E-state index contributed by atoms with van der Waals surface area (Å²) in [6, 6.07) is 11.3. The van der Waals surface area contributed by atoms with Crippen LogP contribution in [0, 0.1) is 20.2 Å². The van der Waals surface area contributed by atoms with Gasteiger partial charge in [0.1, 0.15) is 0 Å². The van der Waals surface area contributed by atoms with Crippen LogP contribution in [-0.4, -0.2) is 70.7 Å². The van der Waals surface area contributed by atoms with E-state index in [1.54, 1.807) is 0 Å². The molecule has 3 rings (SSSR count). The van der Waals surface area contributed by atoms with E-state index in [0.717, 1.165) is 0 Å². The number of anilines is 2. The highest BCUT2D eigenvalue weighted by Gasteiger charge is 2.21. The lowest BCUT2D eigenvalue weighted by atomic mass is 10.2. The van der Waals surface area contributed by atoms with Gasteiger partial charge in [-0.05, 0) is 24.3 Å². The number of nitro groups is 2. The Morgan fingerprint density at radius 2 is 1.00 bits per heavy atom. The van der Waals surface area contributed by atoms with Gasteiger partial charge in [-0.3, -0.25) is 39.6 Å². The second-order valence-corrected chi connectivity index (χ2v) is 7.26. The van der Waals surface area contributed by atoms with Crippen molar-refractivity contribution in [2.45, 2.75) is 0 Å². The van der Waals surface area contributed by atoms with Crippen LogP contribution >= 0.6 is 0 Å². The number of hydrogen-bond acceptors (Lipinski definition) is 8. The summed E-state index contributed by atoms with van der Waals surface area (Å²) in [5, 5.41) is 26.8. The molecule has 2 aromatic carbocycles. The molecule has 0 unspecified atom stereocenters. The van der Waals surface area contributed by atoms with Gasteiger partial charge in [0.05, 0.1) is 22.9 Å². The molecule has 1 heterocycles. The monoisotopic (exact) mass is 442 g/mol. The summed E-state index contributed by atoms with van der Waals surface area (Å²) in [6.07, 6.45) is 0. The first-order chi connectivity index (χ1) is 15.3. The quantitative estimate of drug-likeness (QED) is 0.463. The van der Waals surface area contributed by atoms with E-state index in [1.807, 2.05) is 9.80 Å². The van der Waals surface area contributed by atoms with Crippen LogP contribution in [0.25, 0.3) is 0 Å². The molecule has 12 nitrogen and oxygen atoms in total. The molecule has 0 aliphatic carbocycles. The van der Waals surface area contributed by atoms with Crippen LogP contribution in [0.3, 0.4) is 0 Å². The molecule has 168 valence electrons. The third-order valence-electron chi connectivity index (χ3n) is 4.92. The standard InChI is InChI=1S/C20H22N6O6/c27-19(21-15-1-5-17(6-2-15)25(29)30)13-23-9-11-24(12-10-23)14-20(28)22-16-3-7-18(8-4-16)26(31)32/h1-8H,9-14H2,(H,21,27)(H,22,28). The number of amides is 2. The van der Waals surface area contributed by atoms with E-state index >= 15 is 0 Å². The average Bonchev–Trinajstić information content (AvgIpc) is 2.76. The van der Waals surface area contributed by atoms with E-state index < -0.39 is 9.85 Å². The van der Waals surface area contributed by atoms with E-state index in [4.69, 9.17) is 0 Å². The Labute approximate surface area is 183 Å². The van der Waals surface area contributed by atoms with Crippen molar-refractivity contribution in [2.75, 3.05) is 49.9 Å². The zero-order chi connectivity index (χ0) is 23.1. The highest BCUT2D eigenvalue weighted by Crippen LogP contribution is 2.16. The van der Waals surface area contributed by atoms with Crippen LogP contribution in [0.4, 0.5) is 22.7 Å². The number of nitro benzene ring substituents is 2. The van der Waals surface area contributed by atoms with Gasteiger partial charge in [0.25, 0.3) is 11.4 Å². The number of nitrogens with zero attached hydrogens (tertiary/aromatic N) is 4. The van der Waals surface area contributed by atoms with Gasteiger partial charge in [0, 0.05) is 61.8 Å². The lowest BCUT2D eigenvalue weighted by Crippen LogP contribution is -2.50. The maximum absolute atomic E-state index is 12.2. The number of carbonyl (C=O) groups excluding carboxylic acids is 2. The van der Waals surface area contributed by atoms with Crippen LogP contribution in [0.15, 0.2) is 48.5 Å². The fourth-order valence-electron chi connectivity index (χ4n) is 3.25. The molecule has 0 bridgehead atoms. The SMILES string of the molecule is O=C(CN1CCN(CC(=O)Nc2ccc([N+](=O)[O-])cc2)CC1)Nc1ccc([N+](=O)[O-])cc1. The fourth-order valence-corrected chi connectivity index (χ4v) is 3.25. The maximum atomic E-state index is 12.2. The second kappa shape index (κ2) is 10.4. The molecular weight excluding hydrogens is 420 g/mol. The van der Waals surface area contributed by atoms with E-state index in [-0.39, 0.29) is 36.3 Å². The highest BCUT2D eigenvalue weighted by molar-refractivity contribution is 5.93. The summed E-state index contributed by atoms with van der Waals surface area (Å²) in [5.74, 6) is -0.438. The van der Waals surface area contributed by atoms with Crippen molar-refractivity contribution >= 4 is 34.6 Å². The summed E-state index contributed by atoms with van der Waals surface area (Å²) in [5.41, 5.74) is 0.887. The number of non-ortho nitro benzene ring substituents is 2. The molecule has 12 heteroatoms. The molecule has 1 fully saturated rings. The van der Waals surface area contributed by atoms with Crippen LogP contribution in [0.1, 0.15) is 0 Å². The largest absolute Gasteiger partial charge is 0.325 e. The summed E-state index contributed by atoms with van der Waals surface area (Å²) in [6.45, 7) is 2.80. The van der Waals surface area contributed by atoms with Gasteiger partial charge in [0.2, 0.25) is 11.8 Å². The molecule has 2 N–H and O–H groups in total. The Balaban J connectivity index is 1.38. The minimum absolute atomic E-state index is 0.0447. The highest BCUT2D eigenvalue weighted by atomic mass is 16.6. The maximum Gasteiger partial charge on any atom is 0.269 e. The Morgan fingerprint density at radius 3 is 1.28 bits per heavy atom. The molecule has 32 heavy (non-hydrogen) atoms. The summed E-state index contributed by atoms with van der Waals surface area (Å²) >= 11 is 0. The Morgan fingerprint density at radius 1 is 0.688 bits per heavy atom. The third kappa shape index (κ3) is 6.55. The zero-order valence-corrected chi connectivity index (χ0v) is 17.1. The summed E-state index contributed by atoms with van der Waals surface area (Å²) in [7, 11) is 0. The van der Waals surface area contributed by atoms with Gasteiger partial charge in [-0.15, -0.1) is 0 Å². The molecule has 0 aromatic heterocycles. The van der Waals surface area contributed by atoms with Crippen molar-refractivity contribution < 1.29 is 19.4 Å². The third-order valence-corrected chi connectivity index (χ3v) is 4.92. The zero-order valence-electron chi connectivity index (χ0n) is 17.1. The topological polar surface area (TPSA) is 151 Å². The molecular formula is C20H22N6O6. The normalized spacial score (nSPS) is 14.5.